The van der Waals surface area contributed by atoms with Gasteiger partial charge in [0, 0.05) is 37.0 Å². The van der Waals surface area contributed by atoms with Crippen LogP contribution in [0.15, 0.2) is 53.7 Å². The van der Waals surface area contributed by atoms with Crippen LogP contribution in [0.25, 0.3) is 0 Å². The first-order valence-corrected chi connectivity index (χ1v) is 11.3. The molecule has 2 fully saturated rings. The first-order valence-electron chi connectivity index (χ1n) is 10.3. The molecule has 1 aromatic heterocycles. The number of hydrogen-bond acceptors (Lipinski definition) is 6. The number of benzene rings is 1. The van der Waals surface area contributed by atoms with E-state index in [-0.39, 0.29) is 12.5 Å². The van der Waals surface area contributed by atoms with Crippen LogP contribution in [0.3, 0.4) is 0 Å². The Balaban J connectivity index is 1.32. The number of piperidine rings is 1. The molecule has 2 atom stereocenters. The van der Waals surface area contributed by atoms with E-state index in [4.69, 9.17) is 4.74 Å². The Hall–Kier alpha value is -1.93. The van der Waals surface area contributed by atoms with E-state index in [0.29, 0.717) is 37.9 Å². The van der Waals surface area contributed by atoms with Crippen LogP contribution >= 0.6 is 11.8 Å². The van der Waals surface area contributed by atoms with Crippen molar-refractivity contribution in [1.29, 1.82) is 0 Å². The van der Waals surface area contributed by atoms with Crippen molar-refractivity contribution in [3.8, 4) is 0 Å². The SMILES string of the molecule is C[C@]1(O)CC2(CCN(C(=O)c3ccc(CSc4ccccn4)cc3)CC2)OC[C@@H]1O. The Morgan fingerprint density at radius 2 is 1.97 bits per heavy atom. The standard InChI is InChI=1S/C23H28N2O4S/c1-22(28)16-23(29-14-19(22)26)9-12-25(13-10-23)21(27)18-7-5-17(6-8-18)15-30-20-4-2-3-11-24-20/h2-8,11,19,26,28H,9-10,12-16H2,1H3/t19-,22-/m0/s1. The number of thioether (sulfide) groups is 1. The molecule has 1 aromatic carbocycles. The second-order valence-corrected chi connectivity index (χ2v) is 9.49. The van der Waals surface area contributed by atoms with Gasteiger partial charge < -0.3 is 19.8 Å². The van der Waals surface area contributed by atoms with Crippen molar-refractivity contribution in [3.63, 3.8) is 0 Å². The zero-order valence-electron chi connectivity index (χ0n) is 17.2. The summed E-state index contributed by atoms with van der Waals surface area (Å²) in [7, 11) is 0. The van der Waals surface area contributed by atoms with Gasteiger partial charge in [-0.1, -0.05) is 18.2 Å². The average molecular weight is 429 g/mol. The lowest BCUT2D eigenvalue weighted by Gasteiger charge is -2.49. The summed E-state index contributed by atoms with van der Waals surface area (Å²) in [4.78, 5) is 19.1. The quantitative estimate of drug-likeness (QED) is 0.729. The fraction of sp³-hybridized carbons (Fsp3) is 0.478. The van der Waals surface area contributed by atoms with E-state index < -0.39 is 17.3 Å². The summed E-state index contributed by atoms with van der Waals surface area (Å²) in [6.45, 7) is 2.97. The van der Waals surface area contributed by atoms with Gasteiger partial charge in [-0.15, -0.1) is 11.8 Å². The summed E-state index contributed by atoms with van der Waals surface area (Å²) in [5.41, 5.74) is 0.236. The molecule has 2 aliphatic heterocycles. The molecule has 0 radical (unpaired) electrons. The lowest BCUT2D eigenvalue weighted by Crippen LogP contribution is -2.59. The molecule has 4 rings (SSSR count). The van der Waals surface area contributed by atoms with Crippen molar-refractivity contribution in [2.24, 2.45) is 0 Å². The van der Waals surface area contributed by atoms with Crippen LogP contribution in [-0.4, -0.2) is 63.0 Å². The minimum Gasteiger partial charge on any atom is -0.388 e. The Labute approximate surface area is 181 Å². The Morgan fingerprint density at radius 1 is 1.23 bits per heavy atom. The Morgan fingerprint density at radius 3 is 2.60 bits per heavy atom. The van der Waals surface area contributed by atoms with Gasteiger partial charge in [-0.2, -0.15) is 0 Å². The van der Waals surface area contributed by atoms with Gasteiger partial charge in [0.15, 0.2) is 0 Å². The molecule has 0 unspecified atom stereocenters. The number of carbonyl (C=O) groups excluding carboxylic acids is 1. The number of aliphatic hydroxyl groups excluding tert-OH is 1. The highest BCUT2D eigenvalue weighted by atomic mass is 32.2. The van der Waals surface area contributed by atoms with Crippen molar-refractivity contribution >= 4 is 17.7 Å². The van der Waals surface area contributed by atoms with Crippen LogP contribution in [0.1, 0.15) is 42.1 Å². The maximum atomic E-state index is 12.9. The van der Waals surface area contributed by atoms with E-state index in [9.17, 15) is 15.0 Å². The van der Waals surface area contributed by atoms with E-state index in [1.54, 1.807) is 24.9 Å². The molecule has 160 valence electrons. The summed E-state index contributed by atoms with van der Waals surface area (Å²) >= 11 is 1.67. The fourth-order valence-corrected chi connectivity index (χ4v) is 5.03. The number of aromatic nitrogens is 1. The molecular formula is C23H28N2O4S. The molecule has 1 spiro atoms. The van der Waals surface area contributed by atoms with Crippen LogP contribution in [0.2, 0.25) is 0 Å². The summed E-state index contributed by atoms with van der Waals surface area (Å²) < 4.78 is 5.91. The average Bonchev–Trinajstić information content (AvgIpc) is 2.76. The Bertz CT molecular complexity index is 865. The van der Waals surface area contributed by atoms with Crippen molar-refractivity contribution in [1.82, 2.24) is 9.88 Å². The van der Waals surface area contributed by atoms with Gasteiger partial charge in [-0.25, -0.2) is 4.98 Å². The number of carbonyl (C=O) groups is 1. The van der Waals surface area contributed by atoms with E-state index in [2.05, 4.69) is 4.98 Å². The molecule has 2 aromatic rings. The predicted octanol–water partition coefficient (Wildman–Crippen LogP) is 2.88. The Kier molecular flexibility index (Phi) is 6.16. The molecule has 0 aliphatic carbocycles. The number of likely N-dealkylation sites (tertiary alicyclic amines) is 1. The number of aliphatic hydroxyl groups is 2. The first kappa shape index (κ1) is 21.3. The van der Waals surface area contributed by atoms with Gasteiger partial charge in [-0.05, 0) is 49.6 Å². The monoisotopic (exact) mass is 428 g/mol. The van der Waals surface area contributed by atoms with E-state index >= 15 is 0 Å². The van der Waals surface area contributed by atoms with Crippen LogP contribution < -0.4 is 0 Å². The minimum atomic E-state index is -1.15. The molecule has 6 nitrogen and oxygen atoms in total. The predicted molar refractivity (Wildman–Crippen MR) is 115 cm³/mol. The van der Waals surface area contributed by atoms with Crippen molar-refractivity contribution in [3.05, 3.63) is 59.8 Å². The molecule has 30 heavy (non-hydrogen) atoms. The van der Waals surface area contributed by atoms with Crippen LogP contribution in [0.4, 0.5) is 0 Å². The maximum Gasteiger partial charge on any atom is 0.253 e. The third-order valence-electron chi connectivity index (χ3n) is 6.13. The highest BCUT2D eigenvalue weighted by Gasteiger charge is 2.49. The van der Waals surface area contributed by atoms with Gasteiger partial charge in [0.2, 0.25) is 0 Å². The highest BCUT2D eigenvalue weighted by Crippen LogP contribution is 2.39. The third-order valence-corrected chi connectivity index (χ3v) is 7.15. The van der Waals surface area contributed by atoms with E-state index in [1.165, 1.54) is 0 Å². The summed E-state index contributed by atoms with van der Waals surface area (Å²) in [6, 6.07) is 13.6. The lowest BCUT2D eigenvalue weighted by molar-refractivity contribution is -0.221. The number of nitrogens with zero attached hydrogens (tertiary/aromatic N) is 2. The topological polar surface area (TPSA) is 82.9 Å². The molecule has 0 bridgehead atoms. The minimum absolute atomic E-state index is 0.0244. The van der Waals surface area contributed by atoms with Crippen molar-refractivity contribution in [2.75, 3.05) is 19.7 Å². The molecule has 3 heterocycles. The number of amides is 1. The van der Waals surface area contributed by atoms with Crippen molar-refractivity contribution in [2.45, 2.75) is 54.3 Å². The van der Waals surface area contributed by atoms with Gasteiger partial charge in [0.05, 0.1) is 22.8 Å². The number of pyridine rings is 1. The maximum absolute atomic E-state index is 12.9. The molecule has 2 saturated heterocycles. The largest absolute Gasteiger partial charge is 0.388 e. The summed E-state index contributed by atoms with van der Waals surface area (Å²) in [5.74, 6) is 0.831. The number of rotatable bonds is 4. The fourth-order valence-electron chi connectivity index (χ4n) is 4.21. The second-order valence-electron chi connectivity index (χ2n) is 8.49. The zero-order chi connectivity index (χ0) is 21.2. The number of ether oxygens (including phenoxy) is 1. The smallest absolute Gasteiger partial charge is 0.253 e. The molecule has 2 aliphatic rings. The molecule has 7 heteroatoms. The normalized spacial score (nSPS) is 26.0. The number of hydrogen-bond donors (Lipinski definition) is 2. The molecule has 0 saturated carbocycles. The third kappa shape index (κ3) is 4.70. The highest BCUT2D eigenvalue weighted by molar-refractivity contribution is 7.98. The second kappa shape index (κ2) is 8.67. The van der Waals surface area contributed by atoms with Gasteiger partial charge in [0.25, 0.3) is 5.91 Å². The van der Waals surface area contributed by atoms with Crippen LogP contribution in [0.5, 0.6) is 0 Å². The van der Waals surface area contributed by atoms with Gasteiger partial charge in [-0.3, -0.25) is 4.79 Å². The zero-order valence-corrected chi connectivity index (χ0v) is 18.0. The lowest BCUT2D eigenvalue weighted by atomic mass is 9.76. The van der Waals surface area contributed by atoms with Crippen molar-refractivity contribution < 1.29 is 19.7 Å². The van der Waals surface area contributed by atoms with E-state index in [0.717, 1.165) is 16.3 Å². The van der Waals surface area contributed by atoms with E-state index in [1.807, 2.05) is 47.4 Å². The first-order chi connectivity index (χ1) is 14.4. The van der Waals surface area contributed by atoms with Gasteiger partial charge in [0.1, 0.15) is 6.10 Å². The molecular weight excluding hydrogens is 400 g/mol. The summed E-state index contributed by atoms with van der Waals surface area (Å²) in [6.07, 6.45) is 2.65. The summed E-state index contributed by atoms with van der Waals surface area (Å²) in [5, 5.41) is 21.3. The molecule has 1 amide bonds. The van der Waals surface area contributed by atoms with Gasteiger partial charge >= 0.3 is 0 Å². The van der Waals surface area contributed by atoms with Crippen LogP contribution in [0, 0.1) is 0 Å². The molecule has 2 N–H and O–H groups in total. The van der Waals surface area contributed by atoms with Crippen LogP contribution in [-0.2, 0) is 10.5 Å².